The molecule has 0 bridgehead atoms. The van der Waals surface area contributed by atoms with Crippen molar-refractivity contribution in [3.63, 3.8) is 0 Å². The van der Waals surface area contributed by atoms with Gasteiger partial charge in [0.25, 0.3) is 5.91 Å². The monoisotopic (exact) mass is 464 g/mol. The van der Waals surface area contributed by atoms with Crippen LogP contribution in [0.4, 0.5) is 5.69 Å². The van der Waals surface area contributed by atoms with Gasteiger partial charge in [0, 0.05) is 21.0 Å². The minimum Gasteiger partial charge on any atom is -0.340 e. The highest BCUT2D eigenvalue weighted by Crippen LogP contribution is 2.31. The predicted molar refractivity (Wildman–Crippen MR) is 136 cm³/mol. The molecule has 0 aliphatic carbocycles. The van der Waals surface area contributed by atoms with Crippen LogP contribution < -0.4 is 10.6 Å². The normalized spacial score (nSPS) is 11.6. The fourth-order valence-corrected chi connectivity index (χ4v) is 4.59. The molecule has 0 saturated carbocycles. The van der Waals surface area contributed by atoms with E-state index in [4.69, 9.17) is 0 Å². The average Bonchev–Trinajstić information content (AvgIpc) is 2.80. The first-order chi connectivity index (χ1) is 15.5. The van der Waals surface area contributed by atoms with Crippen LogP contribution in [-0.4, -0.2) is 29.9 Å². The summed E-state index contributed by atoms with van der Waals surface area (Å²) in [6.07, 6.45) is 2.55. The number of thioether (sulfide) groups is 1. The van der Waals surface area contributed by atoms with E-state index in [1.807, 2.05) is 48.7 Å². The van der Waals surface area contributed by atoms with Gasteiger partial charge in [-0.3, -0.25) is 9.59 Å². The summed E-state index contributed by atoms with van der Waals surface area (Å²) in [4.78, 5) is 27.8. The van der Waals surface area contributed by atoms with Crippen molar-refractivity contribution in [3.8, 4) is 0 Å². The van der Waals surface area contributed by atoms with Gasteiger partial charge in [-0.1, -0.05) is 42.1 Å². The third-order valence-corrected chi connectivity index (χ3v) is 6.77. The Morgan fingerprint density at radius 1 is 0.938 bits per heavy atom. The molecule has 0 unspecified atom stereocenters. The van der Waals surface area contributed by atoms with Crippen LogP contribution in [0.25, 0.3) is 0 Å². The first-order valence-corrected chi connectivity index (χ1v) is 12.7. The van der Waals surface area contributed by atoms with Gasteiger partial charge in [-0.05, 0) is 85.9 Å². The summed E-state index contributed by atoms with van der Waals surface area (Å²) in [5.74, 6) is 0.323. The van der Waals surface area contributed by atoms with E-state index < -0.39 is 6.04 Å². The first kappa shape index (κ1) is 24.0. The molecule has 3 aromatic carbocycles. The maximum absolute atomic E-state index is 12.9. The van der Waals surface area contributed by atoms with Crippen molar-refractivity contribution in [2.24, 2.45) is 0 Å². The highest BCUT2D eigenvalue weighted by Gasteiger charge is 2.21. The lowest BCUT2D eigenvalue weighted by molar-refractivity contribution is -0.118. The molecular weight excluding hydrogens is 436 g/mol. The van der Waals surface area contributed by atoms with E-state index in [9.17, 15) is 9.59 Å². The van der Waals surface area contributed by atoms with Crippen LogP contribution >= 0.6 is 23.5 Å². The molecule has 0 aromatic heterocycles. The molecule has 0 radical (unpaired) electrons. The maximum atomic E-state index is 12.9. The molecule has 0 spiro atoms. The molecule has 6 heteroatoms. The van der Waals surface area contributed by atoms with Gasteiger partial charge in [0.2, 0.25) is 5.91 Å². The van der Waals surface area contributed by atoms with Gasteiger partial charge < -0.3 is 10.6 Å². The van der Waals surface area contributed by atoms with Crippen LogP contribution in [0.5, 0.6) is 0 Å². The largest absolute Gasteiger partial charge is 0.340 e. The van der Waals surface area contributed by atoms with E-state index in [0.717, 1.165) is 10.6 Å². The Kier molecular flexibility index (Phi) is 8.82. The molecule has 1 atom stereocenters. The van der Waals surface area contributed by atoms with E-state index in [0.29, 0.717) is 17.7 Å². The number of benzene rings is 3. The smallest absolute Gasteiger partial charge is 0.251 e. The molecule has 3 rings (SSSR count). The number of amides is 2. The molecular formula is C26H28N2O2S2. The van der Waals surface area contributed by atoms with Crippen LogP contribution in [0, 0.1) is 13.8 Å². The van der Waals surface area contributed by atoms with Gasteiger partial charge in [-0.2, -0.15) is 11.8 Å². The highest BCUT2D eigenvalue weighted by atomic mass is 32.2. The number of carbonyl (C=O) groups excluding carboxylic acids is 2. The van der Waals surface area contributed by atoms with Crippen LogP contribution in [0.3, 0.4) is 0 Å². The summed E-state index contributed by atoms with van der Waals surface area (Å²) >= 11 is 3.35. The van der Waals surface area contributed by atoms with Gasteiger partial charge in [0.15, 0.2) is 0 Å². The third-order valence-electron chi connectivity index (χ3n) is 4.96. The SMILES string of the molecule is CSCC[C@H](NC(=O)c1ccccc1)C(=O)Nc1ccc(Sc2cc(C)ccc2C)cc1. The Morgan fingerprint density at radius 3 is 2.34 bits per heavy atom. The van der Waals surface area contributed by atoms with Crippen molar-refractivity contribution in [3.05, 3.63) is 89.5 Å². The minimum absolute atomic E-state index is 0.210. The summed E-state index contributed by atoms with van der Waals surface area (Å²) in [5.41, 5.74) is 3.73. The molecule has 0 aliphatic heterocycles. The lowest BCUT2D eigenvalue weighted by Crippen LogP contribution is -2.44. The number of nitrogens with one attached hydrogen (secondary N) is 2. The second-order valence-corrected chi connectivity index (χ2v) is 9.66. The fourth-order valence-electron chi connectivity index (χ4n) is 3.12. The predicted octanol–water partition coefficient (Wildman–Crippen LogP) is 5.94. The number of aryl methyl sites for hydroxylation is 2. The molecule has 2 amide bonds. The summed E-state index contributed by atoms with van der Waals surface area (Å²) in [7, 11) is 0. The zero-order chi connectivity index (χ0) is 22.9. The number of rotatable bonds is 9. The molecule has 0 aliphatic rings. The first-order valence-electron chi connectivity index (χ1n) is 10.5. The average molecular weight is 465 g/mol. The topological polar surface area (TPSA) is 58.2 Å². The summed E-state index contributed by atoms with van der Waals surface area (Å²) < 4.78 is 0. The van der Waals surface area contributed by atoms with Gasteiger partial charge in [0.1, 0.15) is 6.04 Å². The zero-order valence-corrected chi connectivity index (χ0v) is 20.2. The van der Waals surface area contributed by atoms with Crippen molar-refractivity contribution >= 4 is 41.0 Å². The van der Waals surface area contributed by atoms with Crippen molar-refractivity contribution in [2.45, 2.75) is 36.1 Å². The third kappa shape index (κ3) is 6.90. The molecule has 0 heterocycles. The molecule has 4 nitrogen and oxygen atoms in total. The van der Waals surface area contributed by atoms with Crippen molar-refractivity contribution in [2.75, 3.05) is 17.3 Å². The van der Waals surface area contributed by atoms with E-state index in [1.165, 1.54) is 16.0 Å². The fraction of sp³-hybridized carbons (Fsp3) is 0.231. The highest BCUT2D eigenvalue weighted by molar-refractivity contribution is 7.99. The number of carbonyl (C=O) groups is 2. The summed E-state index contributed by atoms with van der Waals surface area (Å²) in [5, 5.41) is 5.82. The quantitative estimate of drug-likeness (QED) is 0.411. The van der Waals surface area contributed by atoms with E-state index in [2.05, 4.69) is 42.7 Å². The number of anilines is 1. The van der Waals surface area contributed by atoms with Crippen molar-refractivity contribution in [1.29, 1.82) is 0 Å². The molecule has 0 fully saturated rings. The summed E-state index contributed by atoms with van der Waals surface area (Å²) in [6, 6.07) is 22.6. The Balaban J connectivity index is 1.64. The lowest BCUT2D eigenvalue weighted by atomic mass is 10.1. The minimum atomic E-state index is -0.598. The zero-order valence-electron chi connectivity index (χ0n) is 18.6. The van der Waals surface area contributed by atoms with Gasteiger partial charge in [0.05, 0.1) is 0 Å². The molecule has 0 saturated heterocycles. The van der Waals surface area contributed by atoms with Crippen LogP contribution in [-0.2, 0) is 4.79 Å². The molecule has 166 valence electrons. The van der Waals surface area contributed by atoms with Crippen molar-refractivity contribution < 1.29 is 9.59 Å². The standard InChI is InChI=1S/C26H28N2O2S2/c1-18-9-10-19(2)24(17-18)32-22-13-11-21(12-14-22)27-26(30)23(15-16-31-3)28-25(29)20-7-5-4-6-8-20/h4-14,17,23H,15-16H2,1-3H3,(H,27,30)(H,28,29)/t23-/m0/s1. The van der Waals surface area contributed by atoms with Gasteiger partial charge in [-0.15, -0.1) is 0 Å². The Morgan fingerprint density at radius 2 is 1.66 bits per heavy atom. The molecule has 3 aromatic rings. The second kappa shape index (κ2) is 11.8. The Labute approximate surface area is 198 Å². The lowest BCUT2D eigenvalue weighted by Gasteiger charge is -2.18. The van der Waals surface area contributed by atoms with E-state index >= 15 is 0 Å². The Hall–Kier alpha value is -2.70. The van der Waals surface area contributed by atoms with Crippen LogP contribution in [0.1, 0.15) is 27.9 Å². The Bertz CT molecular complexity index is 1050. The van der Waals surface area contributed by atoms with Gasteiger partial charge >= 0.3 is 0 Å². The van der Waals surface area contributed by atoms with E-state index in [1.54, 1.807) is 35.7 Å². The second-order valence-electron chi connectivity index (χ2n) is 7.56. The number of hydrogen-bond donors (Lipinski definition) is 2. The van der Waals surface area contributed by atoms with Crippen LogP contribution in [0.2, 0.25) is 0 Å². The maximum Gasteiger partial charge on any atom is 0.251 e. The van der Waals surface area contributed by atoms with Crippen molar-refractivity contribution in [1.82, 2.24) is 5.32 Å². The molecule has 2 N–H and O–H groups in total. The summed E-state index contributed by atoms with van der Waals surface area (Å²) in [6.45, 7) is 4.20. The van der Waals surface area contributed by atoms with Crippen LogP contribution in [0.15, 0.2) is 82.6 Å². The van der Waals surface area contributed by atoms with Gasteiger partial charge in [-0.25, -0.2) is 0 Å². The molecule has 32 heavy (non-hydrogen) atoms. The van der Waals surface area contributed by atoms with E-state index in [-0.39, 0.29) is 11.8 Å². The number of hydrogen-bond acceptors (Lipinski definition) is 4.